The number of ether oxygens (including phenoxy) is 2. The van der Waals surface area contributed by atoms with Crippen LogP contribution in [0.1, 0.15) is 45.1 Å². The topological polar surface area (TPSA) is 83.0 Å². The number of terminal acetylenes is 1. The smallest absolute Gasteiger partial charge is 0.319 e. The third-order valence-electron chi connectivity index (χ3n) is 10.5. The van der Waals surface area contributed by atoms with Crippen LogP contribution in [0.15, 0.2) is 30.3 Å². The lowest BCUT2D eigenvalue weighted by atomic mass is 9.92. The number of aromatic hydroxyl groups is 1. The molecular weight excluding hydrogens is 607 g/mol. The number of hydrogen-bond donors (Lipinski definition) is 2. The lowest BCUT2D eigenvalue weighted by molar-refractivity contribution is 0.107. The van der Waals surface area contributed by atoms with Gasteiger partial charge in [0.05, 0.1) is 22.5 Å². The molecule has 244 valence electrons. The highest BCUT2D eigenvalue weighted by molar-refractivity contribution is 6.06. The summed E-state index contributed by atoms with van der Waals surface area (Å²) in [5.41, 5.74) is -0.263. The summed E-state index contributed by atoms with van der Waals surface area (Å²) < 4.78 is 59.4. The first kappa shape index (κ1) is 30.1. The predicted molar refractivity (Wildman–Crippen MR) is 174 cm³/mol. The van der Waals surface area contributed by atoms with Crippen LogP contribution in [-0.2, 0) is 0 Å². The fraction of sp³-hybridized carbons (Fsp3) is 0.444. The Morgan fingerprint density at radius 2 is 2.02 bits per heavy atom. The Morgan fingerprint density at radius 3 is 2.83 bits per heavy atom. The molecule has 0 spiro atoms. The zero-order valence-electron chi connectivity index (χ0n) is 26.3. The summed E-state index contributed by atoms with van der Waals surface area (Å²) >= 11 is 0. The highest BCUT2D eigenvalue weighted by Crippen LogP contribution is 2.46. The van der Waals surface area contributed by atoms with E-state index >= 15 is 4.39 Å². The van der Waals surface area contributed by atoms with E-state index in [-0.39, 0.29) is 58.7 Å². The number of anilines is 1. The van der Waals surface area contributed by atoms with Crippen molar-refractivity contribution in [3.8, 4) is 41.0 Å². The molecule has 3 aromatic carbocycles. The van der Waals surface area contributed by atoms with Gasteiger partial charge in [-0.1, -0.05) is 18.9 Å². The Labute approximate surface area is 270 Å². The van der Waals surface area contributed by atoms with Gasteiger partial charge in [-0.3, -0.25) is 4.90 Å². The van der Waals surface area contributed by atoms with E-state index in [1.165, 1.54) is 24.3 Å². The van der Waals surface area contributed by atoms with Gasteiger partial charge in [0.25, 0.3) is 0 Å². The standard InChI is InChI=1S/C36H36F3N5O3/c1-4-23-26(38)8-7-20-11-22(45)12-24(30(20)23)25-13-29-31-33(32(25)39)41-35(47-18-36-9-6-10-43(36)16-21(37)14-36)42-34(31)44-15-19(3)40-27(5-2)28(44)17-46-29/h1,7-8,11-13,19,21,27-28,40,45H,5-6,9-10,14-18H2,2-3H3/t19-,21-,27+,28-,36+/m1/s1. The van der Waals surface area contributed by atoms with Crippen LogP contribution in [0.3, 0.4) is 0 Å². The Balaban J connectivity index is 1.34. The van der Waals surface area contributed by atoms with Gasteiger partial charge in [0.1, 0.15) is 48.0 Å². The molecule has 5 atom stereocenters. The summed E-state index contributed by atoms with van der Waals surface area (Å²) in [5.74, 6) is 1.80. The monoisotopic (exact) mass is 643 g/mol. The first-order chi connectivity index (χ1) is 22.7. The van der Waals surface area contributed by atoms with Gasteiger partial charge in [-0.25, -0.2) is 13.2 Å². The van der Waals surface area contributed by atoms with Crippen LogP contribution < -0.4 is 19.7 Å². The molecule has 3 saturated heterocycles. The maximum Gasteiger partial charge on any atom is 0.319 e. The van der Waals surface area contributed by atoms with E-state index in [9.17, 15) is 13.9 Å². The van der Waals surface area contributed by atoms with Crippen molar-refractivity contribution in [1.29, 1.82) is 0 Å². The summed E-state index contributed by atoms with van der Waals surface area (Å²) in [6.07, 6.45) is 7.78. The molecular formula is C36H36F3N5O3. The quantitative estimate of drug-likeness (QED) is 0.268. The fourth-order valence-electron chi connectivity index (χ4n) is 8.41. The molecule has 2 N–H and O–H groups in total. The Kier molecular flexibility index (Phi) is 7.15. The van der Waals surface area contributed by atoms with Crippen LogP contribution in [0, 0.1) is 24.0 Å². The predicted octanol–water partition coefficient (Wildman–Crippen LogP) is 5.71. The molecule has 3 fully saturated rings. The second kappa shape index (κ2) is 11.2. The van der Waals surface area contributed by atoms with Crippen LogP contribution in [0.5, 0.6) is 17.5 Å². The molecule has 0 unspecified atom stereocenters. The maximum absolute atomic E-state index is 17.1. The van der Waals surface area contributed by atoms with Crippen molar-refractivity contribution in [3.63, 3.8) is 0 Å². The molecule has 4 aliphatic heterocycles. The SMILES string of the molecule is C#Cc1c(F)ccc2cc(O)cc(-c3cc4c5c(nc(OC[C@@]67CCCN6C[C@H](F)C7)nc5c3F)N3C[C@@H](C)N[C@@H](CC)[C@H]3CO4)c12. The molecule has 1 aromatic heterocycles. The number of nitrogens with zero attached hydrogens (tertiary/aromatic N) is 4. The number of halogens is 3. The van der Waals surface area contributed by atoms with Gasteiger partial charge >= 0.3 is 6.01 Å². The van der Waals surface area contributed by atoms with Gasteiger partial charge < -0.3 is 24.8 Å². The normalized spacial score (nSPS) is 26.9. The molecule has 4 aliphatic rings. The van der Waals surface area contributed by atoms with E-state index in [0.717, 1.165) is 25.8 Å². The van der Waals surface area contributed by atoms with Crippen LogP contribution in [-0.4, -0.2) is 82.7 Å². The van der Waals surface area contributed by atoms with Gasteiger partial charge in [-0.05, 0) is 67.9 Å². The summed E-state index contributed by atoms with van der Waals surface area (Å²) in [5, 5.41) is 15.5. The van der Waals surface area contributed by atoms with Crippen molar-refractivity contribution in [1.82, 2.24) is 20.2 Å². The van der Waals surface area contributed by atoms with E-state index < -0.39 is 23.3 Å². The zero-order valence-corrected chi connectivity index (χ0v) is 26.3. The number of benzene rings is 3. The third-order valence-corrected chi connectivity index (χ3v) is 10.5. The number of aromatic nitrogens is 2. The fourth-order valence-corrected chi connectivity index (χ4v) is 8.41. The minimum absolute atomic E-state index is 0.00552. The van der Waals surface area contributed by atoms with Gasteiger partial charge in [0.2, 0.25) is 0 Å². The minimum atomic E-state index is -0.926. The largest absolute Gasteiger partial charge is 0.508 e. The highest BCUT2D eigenvalue weighted by Gasteiger charge is 2.49. The van der Waals surface area contributed by atoms with Crippen LogP contribution in [0.2, 0.25) is 0 Å². The van der Waals surface area contributed by atoms with Gasteiger partial charge in [0.15, 0.2) is 5.82 Å². The molecule has 8 nitrogen and oxygen atoms in total. The van der Waals surface area contributed by atoms with Crippen molar-refractivity contribution in [2.75, 3.05) is 37.7 Å². The molecule has 0 amide bonds. The highest BCUT2D eigenvalue weighted by atomic mass is 19.1. The van der Waals surface area contributed by atoms with Crippen molar-refractivity contribution in [3.05, 3.63) is 47.5 Å². The van der Waals surface area contributed by atoms with Crippen LogP contribution in [0.4, 0.5) is 19.0 Å². The molecule has 4 aromatic rings. The number of fused-ring (bicyclic) bond motifs is 4. The van der Waals surface area contributed by atoms with Gasteiger partial charge in [-0.15, -0.1) is 6.42 Å². The Hall–Kier alpha value is -4.27. The third kappa shape index (κ3) is 4.75. The van der Waals surface area contributed by atoms with E-state index in [2.05, 4.69) is 39.9 Å². The van der Waals surface area contributed by atoms with E-state index in [1.807, 2.05) is 0 Å². The lowest BCUT2D eigenvalue weighted by Crippen LogP contribution is -2.63. The lowest BCUT2D eigenvalue weighted by Gasteiger charge is -2.44. The summed E-state index contributed by atoms with van der Waals surface area (Å²) in [7, 11) is 0. The van der Waals surface area contributed by atoms with Crippen molar-refractivity contribution < 1.29 is 27.8 Å². The minimum Gasteiger partial charge on any atom is -0.508 e. The van der Waals surface area contributed by atoms with E-state index in [1.54, 1.807) is 6.07 Å². The number of piperazine rings is 1. The van der Waals surface area contributed by atoms with E-state index in [0.29, 0.717) is 53.8 Å². The van der Waals surface area contributed by atoms with Crippen molar-refractivity contribution >= 4 is 27.5 Å². The molecule has 0 radical (unpaired) electrons. The molecule has 11 heteroatoms. The Bertz CT molecular complexity index is 1970. The van der Waals surface area contributed by atoms with Crippen LogP contribution >= 0.6 is 0 Å². The molecule has 0 saturated carbocycles. The number of phenols is 1. The van der Waals surface area contributed by atoms with Crippen molar-refractivity contribution in [2.45, 2.75) is 69.4 Å². The molecule has 0 aliphatic carbocycles. The second-order valence-electron chi connectivity index (χ2n) is 13.4. The van der Waals surface area contributed by atoms with Gasteiger partial charge in [-0.2, -0.15) is 9.97 Å². The summed E-state index contributed by atoms with van der Waals surface area (Å²) in [4.78, 5) is 13.8. The maximum atomic E-state index is 17.1. The number of rotatable bonds is 5. The average molecular weight is 644 g/mol. The van der Waals surface area contributed by atoms with Crippen molar-refractivity contribution in [2.24, 2.45) is 0 Å². The summed E-state index contributed by atoms with van der Waals surface area (Å²) in [6, 6.07) is 7.21. The van der Waals surface area contributed by atoms with E-state index in [4.69, 9.17) is 20.9 Å². The molecule has 47 heavy (non-hydrogen) atoms. The first-order valence-electron chi connectivity index (χ1n) is 16.3. The first-order valence-corrected chi connectivity index (χ1v) is 16.3. The zero-order chi connectivity index (χ0) is 32.6. The summed E-state index contributed by atoms with van der Waals surface area (Å²) in [6.45, 7) is 6.47. The molecule has 5 heterocycles. The number of hydrogen-bond acceptors (Lipinski definition) is 8. The average Bonchev–Trinajstić information content (AvgIpc) is 3.53. The van der Waals surface area contributed by atoms with Crippen LogP contribution in [0.25, 0.3) is 32.8 Å². The Morgan fingerprint density at radius 1 is 1.17 bits per heavy atom. The molecule has 8 rings (SSSR count). The number of nitrogens with one attached hydrogen (secondary N) is 1. The molecule has 0 bridgehead atoms. The number of phenolic OH excluding ortho intramolecular Hbond substituents is 1. The second-order valence-corrected chi connectivity index (χ2v) is 13.4. The van der Waals surface area contributed by atoms with Gasteiger partial charge in [0, 0.05) is 42.5 Å². The number of alkyl halides is 1.